The van der Waals surface area contributed by atoms with E-state index in [1.165, 1.54) is 36.3 Å². The van der Waals surface area contributed by atoms with E-state index in [9.17, 15) is 26.3 Å². The molecule has 0 amide bonds. The summed E-state index contributed by atoms with van der Waals surface area (Å²) in [6.07, 6.45) is -7.58. The first-order valence-corrected chi connectivity index (χ1v) is 9.88. The monoisotopic (exact) mass is 492 g/mol. The number of fused-ring (bicyclic) bond motifs is 1. The third-order valence-electron chi connectivity index (χ3n) is 4.95. The van der Waals surface area contributed by atoms with Gasteiger partial charge in [-0.1, -0.05) is 0 Å². The summed E-state index contributed by atoms with van der Waals surface area (Å²) in [5, 5.41) is 15.4. The molecule has 1 aromatic carbocycles. The lowest BCUT2D eigenvalue weighted by atomic mass is 10.0. The number of halogens is 6. The lowest BCUT2D eigenvalue weighted by Gasteiger charge is -2.19. The molecule has 1 unspecified atom stereocenters. The van der Waals surface area contributed by atoms with Crippen LogP contribution in [0.4, 0.5) is 32.2 Å². The number of nitrogens with zero attached hydrogens (tertiary/aromatic N) is 7. The van der Waals surface area contributed by atoms with E-state index in [1.807, 2.05) is 6.07 Å². The number of aryl methyl sites for hydroxylation is 1. The molecule has 0 radical (unpaired) electrons. The predicted octanol–water partition coefficient (Wildman–Crippen LogP) is 5.00. The van der Waals surface area contributed by atoms with Crippen molar-refractivity contribution in [3.05, 3.63) is 65.1 Å². The maximum absolute atomic E-state index is 13.6. The maximum Gasteiger partial charge on any atom is 0.418 e. The standard InChI is InChI=1S/C21H14F6N8/c1-10(19-30-9-31-35(19)16-4-3-12(7-28)8-29-16)32-18-14-5-13(20(22,23)24)6-15(21(25,26)27)17(14)33-11(2)34-18/h3-6,8-10H,1-2H3,(H,32,33,34). The average molecular weight is 492 g/mol. The van der Waals surface area contributed by atoms with Crippen LogP contribution in [0.25, 0.3) is 16.7 Å². The smallest absolute Gasteiger partial charge is 0.360 e. The van der Waals surface area contributed by atoms with Crippen LogP contribution in [-0.4, -0.2) is 29.7 Å². The zero-order valence-corrected chi connectivity index (χ0v) is 17.9. The average Bonchev–Trinajstić information content (AvgIpc) is 3.27. The van der Waals surface area contributed by atoms with E-state index < -0.39 is 40.4 Å². The summed E-state index contributed by atoms with van der Waals surface area (Å²) in [6.45, 7) is 2.90. The molecule has 0 saturated carbocycles. The summed E-state index contributed by atoms with van der Waals surface area (Å²) in [7, 11) is 0. The van der Waals surface area contributed by atoms with Gasteiger partial charge in [-0.25, -0.2) is 19.9 Å². The van der Waals surface area contributed by atoms with Crippen LogP contribution in [0.3, 0.4) is 0 Å². The molecule has 1 atom stereocenters. The maximum atomic E-state index is 13.6. The van der Waals surface area contributed by atoms with Crippen molar-refractivity contribution < 1.29 is 26.3 Å². The van der Waals surface area contributed by atoms with Crippen LogP contribution in [0, 0.1) is 18.3 Å². The van der Waals surface area contributed by atoms with Crippen molar-refractivity contribution in [1.82, 2.24) is 29.7 Å². The first-order chi connectivity index (χ1) is 16.4. The molecule has 3 aromatic heterocycles. The van der Waals surface area contributed by atoms with Gasteiger partial charge in [0.1, 0.15) is 24.0 Å². The number of nitrogens with one attached hydrogen (secondary N) is 1. The molecule has 35 heavy (non-hydrogen) atoms. The van der Waals surface area contributed by atoms with Gasteiger partial charge in [0, 0.05) is 11.6 Å². The summed E-state index contributed by atoms with van der Waals surface area (Å²) in [5.41, 5.74) is -3.35. The molecule has 0 saturated heterocycles. The molecular formula is C21H14F6N8. The third kappa shape index (κ3) is 4.70. The van der Waals surface area contributed by atoms with E-state index in [-0.39, 0.29) is 23.5 Å². The van der Waals surface area contributed by atoms with Gasteiger partial charge in [-0.15, -0.1) is 0 Å². The molecule has 0 fully saturated rings. The normalized spacial score (nSPS) is 13.0. The zero-order chi connectivity index (χ0) is 25.5. The SMILES string of the molecule is Cc1nc(NC(C)c2ncnn2-c2ccc(C#N)cn2)c2cc(C(F)(F)F)cc(C(F)(F)F)c2n1. The number of anilines is 1. The molecule has 4 rings (SSSR count). The minimum absolute atomic E-state index is 0.0369. The quantitative estimate of drug-likeness (QED) is 0.400. The molecule has 4 aromatic rings. The Kier molecular flexibility index (Phi) is 5.79. The minimum atomic E-state index is -5.08. The fourth-order valence-corrected chi connectivity index (χ4v) is 3.40. The third-order valence-corrected chi connectivity index (χ3v) is 4.95. The van der Waals surface area contributed by atoms with Crippen molar-refractivity contribution in [2.45, 2.75) is 32.2 Å². The number of hydrogen-bond donors (Lipinski definition) is 1. The number of benzene rings is 1. The molecule has 0 aliphatic carbocycles. The Hall–Kier alpha value is -4.28. The van der Waals surface area contributed by atoms with Crippen LogP contribution >= 0.6 is 0 Å². The molecule has 0 aliphatic heterocycles. The van der Waals surface area contributed by atoms with Crippen LogP contribution < -0.4 is 5.32 Å². The van der Waals surface area contributed by atoms with Crippen LogP contribution in [0.2, 0.25) is 0 Å². The highest BCUT2D eigenvalue weighted by Crippen LogP contribution is 2.41. The van der Waals surface area contributed by atoms with Crippen molar-refractivity contribution in [2.75, 3.05) is 5.32 Å². The van der Waals surface area contributed by atoms with Gasteiger partial charge < -0.3 is 5.32 Å². The van der Waals surface area contributed by atoms with Gasteiger partial charge in [0.15, 0.2) is 11.6 Å². The molecule has 8 nitrogen and oxygen atoms in total. The van der Waals surface area contributed by atoms with E-state index in [1.54, 1.807) is 6.92 Å². The molecular weight excluding hydrogens is 478 g/mol. The Balaban J connectivity index is 1.81. The predicted molar refractivity (Wildman–Crippen MR) is 110 cm³/mol. The van der Waals surface area contributed by atoms with Gasteiger partial charge in [0.05, 0.1) is 28.2 Å². The molecule has 0 aliphatic rings. The van der Waals surface area contributed by atoms with Crippen LogP contribution in [-0.2, 0) is 12.4 Å². The topological polar surface area (TPSA) is 105 Å². The first-order valence-electron chi connectivity index (χ1n) is 9.88. The molecule has 1 N–H and O–H groups in total. The van der Waals surface area contributed by atoms with E-state index in [4.69, 9.17) is 5.26 Å². The second-order valence-corrected chi connectivity index (χ2v) is 7.45. The number of aromatic nitrogens is 6. The summed E-state index contributed by atoms with van der Waals surface area (Å²) >= 11 is 0. The van der Waals surface area contributed by atoms with Gasteiger partial charge in [0.2, 0.25) is 0 Å². The van der Waals surface area contributed by atoms with Crippen LogP contribution in [0.1, 0.15) is 41.3 Å². The van der Waals surface area contributed by atoms with Gasteiger partial charge >= 0.3 is 12.4 Å². The number of nitriles is 1. The van der Waals surface area contributed by atoms with E-state index >= 15 is 0 Å². The Bertz CT molecular complexity index is 1430. The minimum Gasteiger partial charge on any atom is -0.360 e. The fraction of sp³-hybridized carbons (Fsp3) is 0.238. The second-order valence-electron chi connectivity index (χ2n) is 7.45. The lowest BCUT2D eigenvalue weighted by Crippen LogP contribution is -2.17. The fourth-order valence-electron chi connectivity index (χ4n) is 3.40. The Morgan fingerprint density at radius 1 is 1.03 bits per heavy atom. The molecule has 3 heterocycles. The van der Waals surface area contributed by atoms with Crippen molar-refractivity contribution in [3.8, 4) is 11.9 Å². The van der Waals surface area contributed by atoms with E-state index in [0.717, 1.165) is 0 Å². The number of pyridine rings is 1. The van der Waals surface area contributed by atoms with Crippen molar-refractivity contribution in [3.63, 3.8) is 0 Å². The van der Waals surface area contributed by atoms with E-state index in [0.29, 0.717) is 17.4 Å². The highest BCUT2D eigenvalue weighted by molar-refractivity contribution is 5.92. The molecule has 0 spiro atoms. The van der Waals surface area contributed by atoms with Crippen molar-refractivity contribution >= 4 is 16.7 Å². The first kappa shape index (κ1) is 23.9. The number of alkyl halides is 6. The molecule has 0 bridgehead atoms. The molecule has 180 valence electrons. The number of hydrogen-bond acceptors (Lipinski definition) is 7. The van der Waals surface area contributed by atoms with Crippen molar-refractivity contribution in [2.24, 2.45) is 0 Å². The summed E-state index contributed by atoms with van der Waals surface area (Å²) < 4.78 is 82.4. The van der Waals surface area contributed by atoms with Crippen LogP contribution in [0.5, 0.6) is 0 Å². The Morgan fingerprint density at radius 3 is 2.37 bits per heavy atom. The highest BCUT2D eigenvalue weighted by Gasteiger charge is 2.39. The summed E-state index contributed by atoms with van der Waals surface area (Å²) in [5.74, 6) is 0.230. The summed E-state index contributed by atoms with van der Waals surface area (Å²) in [6, 6.07) is 4.78. The van der Waals surface area contributed by atoms with Crippen LogP contribution in [0.15, 0.2) is 36.8 Å². The Labute approximate surface area is 193 Å². The van der Waals surface area contributed by atoms with E-state index in [2.05, 4.69) is 30.4 Å². The van der Waals surface area contributed by atoms with Gasteiger partial charge in [0.25, 0.3) is 0 Å². The zero-order valence-electron chi connectivity index (χ0n) is 17.9. The lowest BCUT2D eigenvalue weighted by molar-refractivity contribution is -0.142. The summed E-state index contributed by atoms with van der Waals surface area (Å²) in [4.78, 5) is 16.1. The molecule has 14 heteroatoms. The van der Waals surface area contributed by atoms with Gasteiger partial charge in [-0.3, -0.25) is 0 Å². The highest BCUT2D eigenvalue weighted by atomic mass is 19.4. The second kappa shape index (κ2) is 8.49. The Morgan fingerprint density at radius 2 is 1.77 bits per heavy atom. The van der Waals surface area contributed by atoms with Gasteiger partial charge in [-0.05, 0) is 38.1 Å². The van der Waals surface area contributed by atoms with Gasteiger partial charge in [-0.2, -0.15) is 41.4 Å². The number of rotatable bonds is 4. The van der Waals surface area contributed by atoms with Crippen molar-refractivity contribution in [1.29, 1.82) is 5.26 Å². The largest absolute Gasteiger partial charge is 0.418 e.